The van der Waals surface area contributed by atoms with Crippen LogP contribution in [0.2, 0.25) is 0 Å². The maximum absolute atomic E-state index is 13.7. The van der Waals surface area contributed by atoms with Crippen LogP contribution in [-0.2, 0) is 24.0 Å². The Morgan fingerprint density at radius 2 is 0.729 bits per heavy atom. The summed E-state index contributed by atoms with van der Waals surface area (Å²) in [6.07, 6.45) is 8.01. The second kappa shape index (κ2) is 29.2. The first-order valence-corrected chi connectivity index (χ1v) is 17.7. The van der Waals surface area contributed by atoms with Gasteiger partial charge in [-0.3, -0.25) is 24.0 Å². The highest BCUT2D eigenvalue weighted by Gasteiger charge is 2.31. The van der Waals surface area contributed by atoms with Crippen molar-refractivity contribution in [3.8, 4) is 0 Å². The van der Waals surface area contributed by atoms with E-state index in [2.05, 4.69) is 26.6 Å². The molecule has 0 heterocycles. The predicted octanol–water partition coefficient (Wildman–Crippen LogP) is -2.31. The minimum absolute atomic E-state index is 0.0780. The van der Waals surface area contributed by atoms with Crippen LogP contribution in [0.1, 0.15) is 96.3 Å². The fourth-order valence-electron chi connectivity index (χ4n) is 5.12. The van der Waals surface area contributed by atoms with E-state index in [0.717, 1.165) is 6.42 Å². The maximum atomic E-state index is 13.7. The Morgan fingerprint density at radius 3 is 1.06 bits per heavy atom. The standard InChI is InChI=1S/C32H67N11O5/c1-39-22-28(44)24(13-3-8-18-34)40-30(46)26(15-5-10-20-36)42-32(48)27(16-6-11-21-37)43-31(47)25(14-4-9-19-35)41-29(45)23(38)12-2-7-17-33/h23-27,39H,2-22,33-38H2,1H3,(H,40,46)(H,41,45)(H,42,48)(H,43,47)/t23-,24-,25-,26-,27-/m0/s1. The van der Waals surface area contributed by atoms with Crippen LogP contribution in [0.4, 0.5) is 0 Å². The molecule has 0 aromatic rings. The number of rotatable bonds is 31. The van der Waals surface area contributed by atoms with Gasteiger partial charge < -0.3 is 61.0 Å². The van der Waals surface area contributed by atoms with Crippen molar-refractivity contribution in [2.75, 3.05) is 46.3 Å². The Labute approximate surface area is 287 Å². The molecule has 0 rings (SSSR count). The van der Waals surface area contributed by atoms with E-state index in [0.29, 0.717) is 110 Å². The highest BCUT2D eigenvalue weighted by Crippen LogP contribution is 2.10. The molecule has 0 bridgehead atoms. The van der Waals surface area contributed by atoms with Gasteiger partial charge in [0.05, 0.1) is 18.6 Å². The summed E-state index contributed by atoms with van der Waals surface area (Å²) in [6, 6.07) is -4.47. The molecule has 0 fully saturated rings. The molecule has 48 heavy (non-hydrogen) atoms. The zero-order valence-corrected chi connectivity index (χ0v) is 29.2. The van der Waals surface area contributed by atoms with Crippen molar-refractivity contribution < 1.29 is 24.0 Å². The molecular formula is C32H67N11O5. The second-order valence-corrected chi connectivity index (χ2v) is 12.3. The van der Waals surface area contributed by atoms with E-state index in [1.807, 2.05) is 0 Å². The molecule has 0 saturated heterocycles. The Balaban J connectivity index is 5.98. The van der Waals surface area contributed by atoms with Gasteiger partial charge in [0, 0.05) is 0 Å². The average molecular weight is 686 g/mol. The molecule has 0 saturated carbocycles. The first-order chi connectivity index (χ1) is 23.1. The maximum Gasteiger partial charge on any atom is 0.243 e. The second-order valence-electron chi connectivity index (χ2n) is 12.3. The molecule has 16 nitrogen and oxygen atoms in total. The van der Waals surface area contributed by atoms with Crippen LogP contribution in [0, 0.1) is 0 Å². The van der Waals surface area contributed by atoms with E-state index in [4.69, 9.17) is 34.4 Å². The molecule has 0 aliphatic carbocycles. The van der Waals surface area contributed by atoms with Gasteiger partial charge in [-0.15, -0.1) is 0 Å². The topological polar surface area (TPSA) is 302 Å². The molecular weight excluding hydrogens is 618 g/mol. The number of amides is 4. The number of unbranched alkanes of at least 4 members (excludes halogenated alkanes) is 5. The molecule has 0 spiro atoms. The van der Waals surface area contributed by atoms with Gasteiger partial charge in [-0.1, -0.05) is 6.42 Å². The van der Waals surface area contributed by atoms with E-state index in [1.54, 1.807) is 7.05 Å². The number of hydrogen-bond donors (Lipinski definition) is 11. The van der Waals surface area contributed by atoms with Gasteiger partial charge in [0.2, 0.25) is 23.6 Å². The third-order valence-electron chi connectivity index (χ3n) is 8.05. The molecule has 0 aromatic heterocycles. The smallest absolute Gasteiger partial charge is 0.243 e. The van der Waals surface area contributed by atoms with Crippen molar-refractivity contribution >= 4 is 29.4 Å². The molecule has 0 radical (unpaired) electrons. The zero-order chi connectivity index (χ0) is 36.2. The number of ketones is 1. The van der Waals surface area contributed by atoms with Crippen LogP contribution in [0.25, 0.3) is 0 Å². The lowest BCUT2D eigenvalue weighted by Gasteiger charge is -2.27. The number of carbonyl (C=O) groups is 5. The molecule has 17 N–H and O–H groups in total. The van der Waals surface area contributed by atoms with E-state index in [9.17, 15) is 24.0 Å². The Bertz CT molecular complexity index is 912. The molecule has 0 unspecified atom stereocenters. The van der Waals surface area contributed by atoms with Crippen LogP contribution in [0.5, 0.6) is 0 Å². The predicted molar refractivity (Wildman–Crippen MR) is 189 cm³/mol. The van der Waals surface area contributed by atoms with Crippen LogP contribution in [0.15, 0.2) is 0 Å². The van der Waals surface area contributed by atoms with E-state index >= 15 is 0 Å². The lowest BCUT2D eigenvalue weighted by molar-refractivity contribution is -0.134. The first-order valence-electron chi connectivity index (χ1n) is 17.7. The molecule has 4 amide bonds. The average Bonchev–Trinajstić information content (AvgIpc) is 3.06. The van der Waals surface area contributed by atoms with Gasteiger partial charge in [0.15, 0.2) is 5.78 Å². The minimum Gasteiger partial charge on any atom is -0.344 e. The minimum atomic E-state index is -1.01. The van der Waals surface area contributed by atoms with Gasteiger partial charge in [-0.25, -0.2) is 0 Å². The number of nitrogens with one attached hydrogen (secondary N) is 5. The van der Waals surface area contributed by atoms with Crippen LogP contribution < -0.4 is 61.0 Å². The Hall–Kier alpha value is -2.73. The van der Waals surface area contributed by atoms with E-state index in [1.165, 1.54) is 0 Å². The summed E-state index contributed by atoms with van der Waals surface area (Å²) in [5.74, 6) is -2.23. The first kappa shape index (κ1) is 45.3. The number of hydrogen-bond acceptors (Lipinski definition) is 12. The molecule has 16 heteroatoms. The summed E-state index contributed by atoms with van der Waals surface area (Å²) in [7, 11) is 1.65. The number of carbonyl (C=O) groups excluding carboxylic acids is 5. The summed E-state index contributed by atoms with van der Waals surface area (Å²) in [5, 5.41) is 14.0. The number of Topliss-reactive ketones (excluding diaryl/α,β-unsaturated/α-hetero) is 1. The van der Waals surface area contributed by atoms with Crippen LogP contribution in [0.3, 0.4) is 0 Å². The molecule has 0 aliphatic heterocycles. The fourth-order valence-corrected chi connectivity index (χ4v) is 5.12. The van der Waals surface area contributed by atoms with Gasteiger partial charge >= 0.3 is 0 Å². The Kier molecular flexibility index (Phi) is 27.5. The highest BCUT2D eigenvalue weighted by atomic mass is 16.2. The fraction of sp³-hybridized carbons (Fsp3) is 0.844. The van der Waals surface area contributed by atoms with Crippen LogP contribution in [-0.4, -0.2) is 106 Å². The summed E-state index contributed by atoms with van der Waals surface area (Å²) >= 11 is 0. The van der Waals surface area contributed by atoms with Crippen LogP contribution >= 0.6 is 0 Å². The Morgan fingerprint density at radius 1 is 0.438 bits per heavy atom. The highest BCUT2D eigenvalue weighted by molar-refractivity contribution is 5.96. The van der Waals surface area contributed by atoms with Crippen molar-refractivity contribution in [1.82, 2.24) is 26.6 Å². The van der Waals surface area contributed by atoms with Gasteiger partial charge in [0.25, 0.3) is 0 Å². The summed E-state index contributed by atoms with van der Waals surface area (Å²) in [6.45, 7) is 2.27. The third kappa shape index (κ3) is 20.6. The summed E-state index contributed by atoms with van der Waals surface area (Å²) in [4.78, 5) is 66.5. The quantitative estimate of drug-likeness (QED) is 0.0343. The lowest BCUT2D eigenvalue weighted by Crippen LogP contribution is -2.58. The molecule has 0 aromatic carbocycles. The number of likely N-dealkylation sites (N-methyl/N-ethyl adjacent to an activating group) is 1. The zero-order valence-electron chi connectivity index (χ0n) is 29.2. The summed E-state index contributed by atoms with van der Waals surface area (Å²) < 4.78 is 0. The monoisotopic (exact) mass is 686 g/mol. The van der Waals surface area contributed by atoms with Gasteiger partial charge in [-0.05, 0) is 130 Å². The third-order valence-corrected chi connectivity index (χ3v) is 8.05. The van der Waals surface area contributed by atoms with Crippen molar-refractivity contribution in [2.24, 2.45) is 34.4 Å². The number of nitrogens with two attached hydrogens (primary N) is 6. The largest absolute Gasteiger partial charge is 0.344 e. The van der Waals surface area contributed by atoms with Crippen molar-refractivity contribution in [1.29, 1.82) is 0 Å². The van der Waals surface area contributed by atoms with Gasteiger partial charge in [0.1, 0.15) is 18.1 Å². The molecule has 280 valence electrons. The van der Waals surface area contributed by atoms with Crippen molar-refractivity contribution in [3.63, 3.8) is 0 Å². The molecule has 0 aliphatic rings. The van der Waals surface area contributed by atoms with Crippen molar-refractivity contribution in [2.45, 2.75) is 127 Å². The molecule has 5 atom stereocenters. The van der Waals surface area contributed by atoms with E-state index in [-0.39, 0.29) is 25.2 Å². The van der Waals surface area contributed by atoms with Crippen molar-refractivity contribution in [3.05, 3.63) is 0 Å². The lowest BCUT2D eigenvalue weighted by atomic mass is 10.0. The normalized spacial score (nSPS) is 14.3. The van der Waals surface area contributed by atoms with Gasteiger partial charge in [-0.2, -0.15) is 0 Å². The summed E-state index contributed by atoms with van der Waals surface area (Å²) in [5.41, 5.74) is 34.3. The van der Waals surface area contributed by atoms with E-state index < -0.39 is 53.8 Å². The SMILES string of the molecule is CNCC(=O)[C@H](CCCCN)NC(=O)[C@H](CCCCN)NC(=O)[C@H](CCCCN)NC(=O)[C@H](CCCCN)NC(=O)[C@@H](N)CCCCN.